The van der Waals surface area contributed by atoms with Crippen molar-refractivity contribution in [1.29, 1.82) is 0 Å². The summed E-state index contributed by atoms with van der Waals surface area (Å²) < 4.78 is 15.2. The molecule has 1 heterocycles. The van der Waals surface area contributed by atoms with Gasteiger partial charge in [0.2, 0.25) is 0 Å². The number of rotatable bonds is 7. The van der Waals surface area contributed by atoms with Crippen LogP contribution >= 0.6 is 11.6 Å². The molecule has 1 aromatic carbocycles. The molecule has 0 bridgehead atoms. The van der Waals surface area contributed by atoms with E-state index in [1.165, 1.54) is 6.26 Å². The standard InChI is InChI=1S/C16H16ClNO5/c1-11(14-6-3-7-21-14)18-15(19)9-23-16(20)10-22-13-5-2-4-12(17)8-13/h2-8,11H,9-10H2,1H3,(H,18,19)/t11-/m1/s1. The summed E-state index contributed by atoms with van der Waals surface area (Å²) in [6, 6.07) is 9.80. The molecule has 1 aromatic heterocycles. The molecule has 0 unspecified atom stereocenters. The minimum atomic E-state index is -0.647. The van der Waals surface area contributed by atoms with Crippen LogP contribution in [-0.2, 0) is 14.3 Å². The van der Waals surface area contributed by atoms with Gasteiger partial charge in [0, 0.05) is 5.02 Å². The third-order valence-corrected chi connectivity index (χ3v) is 3.10. The van der Waals surface area contributed by atoms with Crippen molar-refractivity contribution < 1.29 is 23.5 Å². The first kappa shape index (κ1) is 16.9. The quantitative estimate of drug-likeness (QED) is 0.786. The number of ether oxygens (including phenoxy) is 2. The molecule has 0 aliphatic rings. The second-order valence-corrected chi connectivity index (χ2v) is 5.15. The first-order valence-corrected chi connectivity index (χ1v) is 7.29. The number of furan rings is 1. The molecule has 122 valence electrons. The minimum absolute atomic E-state index is 0.304. The SMILES string of the molecule is C[C@@H](NC(=O)COC(=O)COc1cccc(Cl)c1)c1ccco1. The highest BCUT2D eigenvalue weighted by Gasteiger charge is 2.13. The maximum absolute atomic E-state index is 11.7. The van der Waals surface area contributed by atoms with Crippen molar-refractivity contribution in [2.24, 2.45) is 0 Å². The Balaban J connectivity index is 1.68. The van der Waals surface area contributed by atoms with Gasteiger partial charge in [-0.05, 0) is 37.3 Å². The average molecular weight is 338 g/mol. The lowest BCUT2D eigenvalue weighted by atomic mass is 10.2. The van der Waals surface area contributed by atoms with E-state index < -0.39 is 11.9 Å². The number of carbonyl (C=O) groups is 2. The zero-order valence-electron chi connectivity index (χ0n) is 12.5. The van der Waals surface area contributed by atoms with Crippen LogP contribution in [0, 0.1) is 0 Å². The summed E-state index contributed by atoms with van der Waals surface area (Å²) in [5.41, 5.74) is 0. The largest absolute Gasteiger partial charge is 0.482 e. The molecule has 1 atom stereocenters. The molecule has 0 aliphatic heterocycles. The summed E-state index contributed by atoms with van der Waals surface area (Å²) in [6.45, 7) is 1.07. The van der Waals surface area contributed by atoms with Gasteiger partial charge >= 0.3 is 5.97 Å². The lowest BCUT2D eigenvalue weighted by Gasteiger charge is -2.11. The van der Waals surface area contributed by atoms with Gasteiger partial charge in [-0.25, -0.2) is 4.79 Å². The second kappa shape index (κ2) is 8.24. The van der Waals surface area contributed by atoms with Crippen molar-refractivity contribution in [3.63, 3.8) is 0 Å². The predicted octanol–water partition coefficient (Wildman–Crippen LogP) is 2.73. The fourth-order valence-corrected chi connectivity index (χ4v) is 1.96. The Morgan fingerprint density at radius 1 is 1.26 bits per heavy atom. The maximum Gasteiger partial charge on any atom is 0.344 e. The van der Waals surface area contributed by atoms with E-state index in [1.54, 1.807) is 43.3 Å². The Morgan fingerprint density at radius 2 is 2.09 bits per heavy atom. The van der Waals surface area contributed by atoms with Crippen LogP contribution in [0.4, 0.5) is 0 Å². The van der Waals surface area contributed by atoms with E-state index in [9.17, 15) is 9.59 Å². The summed E-state index contributed by atoms with van der Waals surface area (Å²) in [5.74, 6) is -0.00454. The number of amides is 1. The molecule has 0 saturated carbocycles. The molecule has 0 fully saturated rings. The predicted molar refractivity (Wildman–Crippen MR) is 83.2 cm³/mol. The second-order valence-electron chi connectivity index (χ2n) is 4.71. The molecule has 1 N–H and O–H groups in total. The van der Waals surface area contributed by atoms with Crippen LogP contribution < -0.4 is 10.1 Å². The highest BCUT2D eigenvalue weighted by molar-refractivity contribution is 6.30. The molecular formula is C16H16ClNO5. The van der Waals surface area contributed by atoms with Gasteiger partial charge < -0.3 is 19.2 Å². The van der Waals surface area contributed by atoms with Gasteiger partial charge in [-0.3, -0.25) is 4.79 Å². The van der Waals surface area contributed by atoms with Crippen LogP contribution in [0.5, 0.6) is 5.75 Å². The van der Waals surface area contributed by atoms with Crippen molar-refractivity contribution in [1.82, 2.24) is 5.32 Å². The zero-order valence-corrected chi connectivity index (χ0v) is 13.2. The van der Waals surface area contributed by atoms with Crippen LogP contribution in [0.15, 0.2) is 47.1 Å². The molecule has 2 aromatic rings. The van der Waals surface area contributed by atoms with Crippen LogP contribution in [0.1, 0.15) is 18.7 Å². The fourth-order valence-electron chi connectivity index (χ4n) is 1.78. The Morgan fingerprint density at radius 3 is 2.78 bits per heavy atom. The number of hydrogen-bond acceptors (Lipinski definition) is 5. The normalized spacial score (nSPS) is 11.6. The minimum Gasteiger partial charge on any atom is -0.482 e. The number of benzene rings is 1. The van der Waals surface area contributed by atoms with Crippen molar-refractivity contribution in [3.05, 3.63) is 53.4 Å². The molecular weight excluding hydrogens is 322 g/mol. The van der Waals surface area contributed by atoms with Gasteiger partial charge in [0.15, 0.2) is 13.2 Å². The Hall–Kier alpha value is -2.47. The van der Waals surface area contributed by atoms with E-state index in [-0.39, 0.29) is 19.3 Å². The molecule has 23 heavy (non-hydrogen) atoms. The van der Waals surface area contributed by atoms with Crippen LogP contribution in [-0.4, -0.2) is 25.1 Å². The summed E-state index contributed by atoms with van der Waals surface area (Å²) in [7, 11) is 0. The van der Waals surface area contributed by atoms with E-state index >= 15 is 0 Å². The molecule has 6 nitrogen and oxygen atoms in total. The summed E-state index contributed by atoms with van der Waals surface area (Å²) in [6.07, 6.45) is 1.52. The maximum atomic E-state index is 11.7. The third-order valence-electron chi connectivity index (χ3n) is 2.86. The Bertz CT molecular complexity index is 656. The van der Waals surface area contributed by atoms with Gasteiger partial charge in [-0.15, -0.1) is 0 Å². The lowest BCUT2D eigenvalue weighted by Crippen LogP contribution is -2.31. The van der Waals surface area contributed by atoms with Crippen LogP contribution in [0.2, 0.25) is 5.02 Å². The van der Waals surface area contributed by atoms with E-state index in [0.717, 1.165) is 0 Å². The van der Waals surface area contributed by atoms with Gasteiger partial charge in [-0.1, -0.05) is 17.7 Å². The van der Waals surface area contributed by atoms with Gasteiger partial charge in [-0.2, -0.15) is 0 Å². The molecule has 0 radical (unpaired) electrons. The third kappa shape index (κ3) is 5.67. The van der Waals surface area contributed by atoms with Crippen molar-refractivity contribution in [3.8, 4) is 5.75 Å². The molecule has 0 saturated heterocycles. The zero-order chi connectivity index (χ0) is 16.7. The number of hydrogen-bond donors (Lipinski definition) is 1. The van der Waals surface area contributed by atoms with Crippen molar-refractivity contribution >= 4 is 23.5 Å². The topological polar surface area (TPSA) is 77.8 Å². The Kier molecular flexibility index (Phi) is 6.05. The van der Waals surface area contributed by atoms with Gasteiger partial charge in [0.1, 0.15) is 11.5 Å². The fraction of sp³-hybridized carbons (Fsp3) is 0.250. The lowest BCUT2D eigenvalue weighted by molar-refractivity contribution is -0.150. The summed E-state index contributed by atoms with van der Waals surface area (Å²) in [4.78, 5) is 23.2. The van der Waals surface area contributed by atoms with Crippen molar-refractivity contribution in [2.45, 2.75) is 13.0 Å². The first-order valence-electron chi connectivity index (χ1n) is 6.91. The monoisotopic (exact) mass is 337 g/mol. The number of esters is 1. The molecule has 0 spiro atoms. The van der Waals surface area contributed by atoms with E-state index in [0.29, 0.717) is 16.5 Å². The van der Waals surface area contributed by atoms with Crippen molar-refractivity contribution in [2.75, 3.05) is 13.2 Å². The summed E-state index contributed by atoms with van der Waals surface area (Å²) >= 11 is 5.80. The van der Waals surface area contributed by atoms with Gasteiger partial charge in [0.25, 0.3) is 5.91 Å². The first-order chi connectivity index (χ1) is 11.0. The number of nitrogens with one attached hydrogen (secondary N) is 1. The van der Waals surface area contributed by atoms with Crippen LogP contribution in [0.3, 0.4) is 0 Å². The summed E-state index contributed by atoms with van der Waals surface area (Å²) in [5, 5.41) is 3.15. The van der Waals surface area contributed by atoms with Gasteiger partial charge in [0.05, 0.1) is 12.3 Å². The van der Waals surface area contributed by atoms with E-state index in [2.05, 4.69) is 5.32 Å². The highest BCUT2D eigenvalue weighted by atomic mass is 35.5. The number of halogens is 1. The highest BCUT2D eigenvalue weighted by Crippen LogP contribution is 2.17. The molecule has 1 amide bonds. The Labute approximate surface area is 138 Å². The van der Waals surface area contributed by atoms with E-state index in [1.807, 2.05) is 0 Å². The molecule has 2 rings (SSSR count). The average Bonchev–Trinajstić information content (AvgIpc) is 3.05. The molecule has 7 heteroatoms. The molecule has 0 aliphatic carbocycles. The van der Waals surface area contributed by atoms with Crippen LogP contribution in [0.25, 0.3) is 0 Å². The number of carbonyl (C=O) groups excluding carboxylic acids is 2. The van der Waals surface area contributed by atoms with E-state index in [4.69, 9.17) is 25.5 Å². The smallest absolute Gasteiger partial charge is 0.344 e.